The van der Waals surface area contributed by atoms with E-state index in [1.807, 2.05) is 37.3 Å². The van der Waals surface area contributed by atoms with Crippen molar-refractivity contribution in [2.24, 2.45) is 0 Å². The van der Waals surface area contributed by atoms with Crippen LogP contribution in [0.5, 0.6) is 0 Å². The Kier molecular flexibility index (Phi) is 5.91. The predicted octanol–water partition coefficient (Wildman–Crippen LogP) is 3.24. The Hall–Kier alpha value is -3.59. The maximum Gasteiger partial charge on any atom is 0.339 e. The molecule has 126 valence electrons. The van der Waals surface area contributed by atoms with Gasteiger partial charge in [0.05, 0.1) is 18.4 Å². The molecule has 2 rings (SSSR count). The smallest absolute Gasteiger partial charge is 0.339 e. The van der Waals surface area contributed by atoms with Crippen LogP contribution >= 0.6 is 0 Å². The van der Waals surface area contributed by atoms with Gasteiger partial charge in [-0.15, -0.1) is 0 Å². The molecule has 1 amide bonds. The molecule has 0 aromatic heterocycles. The molecule has 0 aliphatic heterocycles. The summed E-state index contributed by atoms with van der Waals surface area (Å²) in [6, 6.07) is 15.8. The van der Waals surface area contributed by atoms with Crippen LogP contribution in [-0.4, -0.2) is 19.0 Å². The highest BCUT2D eigenvalue weighted by Gasteiger charge is 2.15. The lowest BCUT2D eigenvalue weighted by molar-refractivity contribution is -0.112. The Bertz CT molecular complexity index is 866. The van der Waals surface area contributed by atoms with E-state index in [0.29, 0.717) is 0 Å². The molecule has 0 aliphatic carbocycles. The van der Waals surface area contributed by atoms with E-state index in [1.54, 1.807) is 18.2 Å². The molecule has 25 heavy (non-hydrogen) atoms. The van der Waals surface area contributed by atoms with Gasteiger partial charge in [-0.2, -0.15) is 5.26 Å². The van der Waals surface area contributed by atoms with Crippen molar-refractivity contribution in [3.8, 4) is 6.07 Å². The van der Waals surface area contributed by atoms with Crippen LogP contribution in [0, 0.1) is 18.3 Å². The lowest BCUT2D eigenvalue weighted by Crippen LogP contribution is -2.17. The molecule has 2 aromatic carbocycles. The summed E-state index contributed by atoms with van der Waals surface area (Å²) >= 11 is 0. The zero-order valence-electron chi connectivity index (χ0n) is 13.9. The largest absolute Gasteiger partial charge is 0.465 e. The maximum absolute atomic E-state index is 12.3. The van der Waals surface area contributed by atoms with Crippen molar-refractivity contribution >= 4 is 23.3 Å². The van der Waals surface area contributed by atoms with Crippen molar-refractivity contribution in [1.82, 2.24) is 0 Å². The molecule has 2 N–H and O–H groups in total. The monoisotopic (exact) mass is 335 g/mol. The first-order valence-electron chi connectivity index (χ1n) is 7.48. The van der Waals surface area contributed by atoms with E-state index in [0.717, 1.165) is 11.3 Å². The van der Waals surface area contributed by atoms with Gasteiger partial charge in [-0.25, -0.2) is 4.79 Å². The Balaban J connectivity index is 2.19. The number of benzene rings is 2. The molecule has 0 radical (unpaired) electrons. The fourth-order valence-electron chi connectivity index (χ4n) is 2.10. The van der Waals surface area contributed by atoms with Crippen LogP contribution in [0.25, 0.3) is 0 Å². The van der Waals surface area contributed by atoms with Gasteiger partial charge in [0.2, 0.25) is 0 Å². The fourth-order valence-corrected chi connectivity index (χ4v) is 2.10. The van der Waals surface area contributed by atoms with Gasteiger partial charge in [0.1, 0.15) is 11.6 Å². The Morgan fingerprint density at radius 2 is 1.72 bits per heavy atom. The summed E-state index contributed by atoms with van der Waals surface area (Å²) in [5.74, 6) is -1.20. The standard InChI is InChI=1S/C19H17N3O3/c1-13-7-3-5-9-16(13)21-12-14(11-20)18(23)22-17-10-6-4-8-15(17)19(24)25-2/h3-10,12,21H,1-2H3,(H,22,23)/b14-12-. The summed E-state index contributed by atoms with van der Waals surface area (Å²) in [4.78, 5) is 24.1. The summed E-state index contributed by atoms with van der Waals surface area (Å²) < 4.78 is 4.68. The summed E-state index contributed by atoms with van der Waals surface area (Å²) in [7, 11) is 1.26. The number of amides is 1. The van der Waals surface area contributed by atoms with Crippen molar-refractivity contribution in [3.63, 3.8) is 0 Å². The molecule has 0 saturated heterocycles. The first kappa shape index (κ1) is 17.8. The van der Waals surface area contributed by atoms with Crippen molar-refractivity contribution in [1.29, 1.82) is 5.26 Å². The molecule has 6 heteroatoms. The molecule has 0 saturated carbocycles. The number of ether oxygens (including phenoxy) is 1. The van der Waals surface area contributed by atoms with Crippen molar-refractivity contribution in [3.05, 3.63) is 71.4 Å². The van der Waals surface area contributed by atoms with Crippen molar-refractivity contribution in [2.45, 2.75) is 6.92 Å². The maximum atomic E-state index is 12.3. The summed E-state index contributed by atoms with van der Waals surface area (Å²) in [5.41, 5.74) is 2.13. The fraction of sp³-hybridized carbons (Fsp3) is 0.105. The summed E-state index contributed by atoms with van der Waals surface area (Å²) in [6.07, 6.45) is 1.33. The third-order valence-corrected chi connectivity index (χ3v) is 3.46. The summed E-state index contributed by atoms with van der Waals surface area (Å²) in [6.45, 7) is 1.91. The van der Waals surface area contributed by atoms with Gasteiger partial charge < -0.3 is 15.4 Å². The van der Waals surface area contributed by atoms with E-state index in [1.165, 1.54) is 19.4 Å². The molecule has 6 nitrogen and oxygen atoms in total. The van der Waals surface area contributed by atoms with Gasteiger partial charge in [-0.1, -0.05) is 30.3 Å². The highest BCUT2D eigenvalue weighted by atomic mass is 16.5. The van der Waals surface area contributed by atoms with E-state index in [4.69, 9.17) is 0 Å². The molecular formula is C19H17N3O3. The quantitative estimate of drug-likeness (QED) is 0.497. The van der Waals surface area contributed by atoms with E-state index in [2.05, 4.69) is 15.4 Å². The van der Waals surface area contributed by atoms with Crippen LogP contribution in [0.15, 0.2) is 60.3 Å². The van der Waals surface area contributed by atoms with Crippen molar-refractivity contribution < 1.29 is 14.3 Å². The molecule has 2 aromatic rings. The minimum atomic E-state index is -0.625. The SMILES string of the molecule is COC(=O)c1ccccc1NC(=O)/C(C#N)=C\Nc1ccccc1C. The second kappa shape index (κ2) is 8.31. The first-order chi connectivity index (χ1) is 12.1. The van der Waals surface area contributed by atoms with Crippen LogP contribution in [0.4, 0.5) is 11.4 Å². The number of methoxy groups -OCH3 is 1. The Morgan fingerprint density at radius 3 is 2.36 bits per heavy atom. The third kappa shape index (κ3) is 4.45. The van der Waals surface area contributed by atoms with Gasteiger partial charge in [0, 0.05) is 11.9 Å². The molecule has 0 bridgehead atoms. The third-order valence-electron chi connectivity index (χ3n) is 3.46. The minimum Gasteiger partial charge on any atom is -0.465 e. The number of esters is 1. The van der Waals surface area contributed by atoms with Crippen LogP contribution in [0.2, 0.25) is 0 Å². The Labute approximate surface area is 145 Å². The lowest BCUT2D eigenvalue weighted by Gasteiger charge is -2.09. The lowest BCUT2D eigenvalue weighted by atomic mass is 10.1. The average molecular weight is 335 g/mol. The first-order valence-corrected chi connectivity index (χ1v) is 7.48. The molecule has 0 fully saturated rings. The van der Waals surface area contributed by atoms with Gasteiger partial charge in [-0.3, -0.25) is 4.79 Å². The van der Waals surface area contributed by atoms with E-state index < -0.39 is 11.9 Å². The van der Waals surface area contributed by atoms with Gasteiger partial charge >= 0.3 is 5.97 Å². The number of hydrogen-bond donors (Lipinski definition) is 2. The van der Waals surface area contributed by atoms with Gasteiger partial charge in [0.15, 0.2) is 0 Å². The highest BCUT2D eigenvalue weighted by molar-refractivity contribution is 6.09. The minimum absolute atomic E-state index is 0.122. The van der Waals surface area contributed by atoms with E-state index >= 15 is 0 Å². The van der Waals surface area contributed by atoms with E-state index in [-0.39, 0.29) is 16.8 Å². The zero-order valence-corrected chi connectivity index (χ0v) is 13.9. The van der Waals surface area contributed by atoms with Gasteiger partial charge in [0.25, 0.3) is 5.91 Å². The van der Waals surface area contributed by atoms with Crippen molar-refractivity contribution in [2.75, 3.05) is 17.7 Å². The van der Waals surface area contributed by atoms with Crippen LogP contribution < -0.4 is 10.6 Å². The summed E-state index contributed by atoms with van der Waals surface area (Å²) in [5, 5.41) is 14.7. The topological polar surface area (TPSA) is 91.2 Å². The van der Waals surface area contributed by atoms with Crippen LogP contribution in [0.1, 0.15) is 15.9 Å². The highest BCUT2D eigenvalue weighted by Crippen LogP contribution is 2.17. The molecule has 0 heterocycles. The van der Waals surface area contributed by atoms with Gasteiger partial charge in [-0.05, 0) is 30.7 Å². The number of hydrogen-bond acceptors (Lipinski definition) is 5. The Morgan fingerprint density at radius 1 is 1.08 bits per heavy atom. The average Bonchev–Trinajstić information content (AvgIpc) is 2.63. The normalized spacial score (nSPS) is 10.5. The predicted molar refractivity (Wildman–Crippen MR) is 94.9 cm³/mol. The molecule has 0 spiro atoms. The number of carbonyl (C=O) groups excluding carboxylic acids is 2. The number of nitrogens with zero attached hydrogens (tertiary/aromatic N) is 1. The molecular weight excluding hydrogens is 318 g/mol. The van der Waals surface area contributed by atoms with Crippen LogP contribution in [0.3, 0.4) is 0 Å². The molecule has 0 aliphatic rings. The number of para-hydroxylation sites is 2. The number of carbonyl (C=O) groups is 2. The molecule has 0 unspecified atom stereocenters. The van der Waals surface area contributed by atoms with E-state index in [9.17, 15) is 14.9 Å². The number of rotatable bonds is 5. The second-order valence-corrected chi connectivity index (χ2v) is 5.12. The number of nitriles is 1. The second-order valence-electron chi connectivity index (χ2n) is 5.12. The van der Waals surface area contributed by atoms with Crippen LogP contribution in [-0.2, 0) is 9.53 Å². The number of anilines is 2. The number of nitrogens with one attached hydrogen (secondary N) is 2. The number of aryl methyl sites for hydroxylation is 1. The zero-order chi connectivity index (χ0) is 18.2. The molecule has 0 atom stereocenters.